The summed E-state index contributed by atoms with van der Waals surface area (Å²) in [6.45, 7) is 6.40. The molecule has 31 heavy (non-hydrogen) atoms. The second-order valence-corrected chi connectivity index (χ2v) is 7.93. The summed E-state index contributed by atoms with van der Waals surface area (Å²) in [6, 6.07) is 11.3. The number of carbonyl (C=O) groups excluding carboxylic acids is 2. The first kappa shape index (κ1) is 22.5. The maximum atomic E-state index is 12.9. The SMILES string of the molecule is COc1ccc(CCN2Cc3cc(NC(=O)C(C)C)ccc3OC(C)C2=O)cc1OC. The van der Waals surface area contributed by atoms with Crippen molar-refractivity contribution < 1.29 is 23.8 Å². The molecule has 1 unspecified atom stereocenters. The van der Waals surface area contributed by atoms with Gasteiger partial charge in [-0.15, -0.1) is 0 Å². The number of nitrogens with one attached hydrogen (secondary N) is 1. The summed E-state index contributed by atoms with van der Waals surface area (Å²) in [6.07, 6.45) is 0.0838. The van der Waals surface area contributed by atoms with Gasteiger partial charge in [0.15, 0.2) is 17.6 Å². The van der Waals surface area contributed by atoms with E-state index in [4.69, 9.17) is 14.2 Å². The number of ether oxygens (including phenoxy) is 3. The van der Waals surface area contributed by atoms with Crippen molar-refractivity contribution in [3.8, 4) is 17.2 Å². The van der Waals surface area contributed by atoms with Crippen molar-refractivity contribution in [2.45, 2.75) is 39.8 Å². The highest BCUT2D eigenvalue weighted by molar-refractivity contribution is 5.92. The fraction of sp³-hybridized carbons (Fsp3) is 0.417. The summed E-state index contributed by atoms with van der Waals surface area (Å²) < 4.78 is 16.5. The minimum Gasteiger partial charge on any atom is -0.493 e. The number of hydrogen-bond acceptors (Lipinski definition) is 5. The van der Waals surface area contributed by atoms with E-state index in [2.05, 4.69) is 5.32 Å². The molecule has 0 fully saturated rings. The van der Waals surface area contributed by atoms with Gasteiger partial charge in [0.05, 0.1) is 14.2 Å². The molecule has 1 aliphatic rings. The van der Waals surface area contributed by atoms with Gasteiger partial charge < -0.3 is 24.4 Å². The van der Waals surface area contributed by atoms with Gasteiger partial charge in [-0.2, -0.15) is 0 Å². The normalized spacial score (nSPS) is 15.7. The monoisotopic (exact) mass is 426 g/mol. The number of hydrogen-bond donors (Lipinski definition) is 1. The molecule has 0 saturated heterocycles. The molecule has 1 heterocycles. The van der Waals surface area contributed by atoms with Gasteiger partial charge in [-0.05, 0) is 49.2 Å². The highest BCUT2D eigenvalue weighted by Crippen LogP contribution is 2.30. The molecule has 7 heteroatoms. The minimum atomic E-state index is -0.581. The number of rotatable bonds is 7. The maximum Gasteiger partial charge on any atom is 0.263 e. The molecule has 0 saturated carbocycles. The Morgan fingerprint density at radius 3 is 2.58 bits per heavy atom. The van der Waals surface area contributed by atoms with Crippen molar-refractivity contribution in [2.75, 3.05) is 26.1 Å². The zero-order chi connectivity index (χ0) is 22.5. The number of benzene rings is 2. The first-order valence-electron chi connectivity index (χ1n) is 10.4. The quantitative estimate of drug-likeness (QED) is 0.731. The third-order valence-electron chi connectivity index (χ3n) is 5.30. The topological polar surface area (TPSA) is 77.1 Å². The summed E-state index contributed by atoms with van der Waals surface area (Å²) in [5.41, 5.74) is 2.61. The zero-order valence-electron chi connectivity index (χ0n) is 18.7. The summed E-state index contributed by atoms with van der Waals surface area (Å²) in [5.74, 6) is 1.76. The maximum absolute atomic E-state index is 12.9. The van der Waals surface area contributed by atoms with Crippen LogP contribution < -0.4 is 19.5 Å². The average molecular weight is 427 g/mol. The number of anilines is 1. The Morgan fingerprint density at radius 2 is 1.90 bits per heavy atom. The van der Waals surface area contributed by atoms with Gasteiger partial charge >= 0.3 is 0 Å². The molecule has 7 nitrogen and oxygen atoms in total. The van der Waals surface area contributed by atoms with Crippen molar-refractivity contribution >= 4 is 17.5 Å². The van der Waals surface area contributed by atoms with E-state index in [1.165, 1.54) is 0 Å². The third-order valence-corrected chi connectivity index (χ3v) is 5.30. The van der Waals surface area contributed by atoms with Gasteiger partial charge in [0.1, 0.15) is 5.75 Å². The summed E-state index contributed by atoms with van der Waals surface area (Å²) in [4.78, 5) is 26.7. The van der Waals surface area contributed by atoms with E-state index in [1.807, 2.05) is 44.2 Å². The largest absolute Gasteiger partial charge is 0.493 e. The third kappa shape index (κ3) is 5.29. The predicted molar refractivity (Wildman–Crippen MR) is 119 cm³/mol. The standard InChI is InChI=1S/C24H30N2O5/c1-15(2)23(27)25-19-7-9-20-18(13-19)14-26(24(28)16(3)31-20)11-10-17-6-8-21(29-4)22(12-17)30-5/h6-9,12-13,15-16H,10-11,14H2,1-5H3,(H,25,27). The average Bonchev–Trinajstić information content (AvgIpc) is 2.88. The van der Waals surface area contributed by atoms with Gasteiger partial charge in [-0.1, -0.05) is 19.9 Å². The molecule has 1 aliphatic heterocycles. The molecule has 0 spiro atoms. The molecule has 0 radical (unpaired) electrons. The highest BCUT2D eigenvalue weighted by atomic mass is 16.5. The Morgan fingerprint density at radius 1 is 1.16 bits per heavy atom. The summed E-state index contributed by atoms with van der Waals surface area (Å²) in [5, 5.41) is 2.91. The van der Waals surface area contributed by atoms with E-state index in [-0.39, 0.29) is 17.7 Å². The first-order chi connectivity index (χ1) is 14.8. The molecule has 0 aliphatic carbocycles. The van der Waals surface area contributed by atoms with E-state index in [9.17, 15) is 9.59 Å². The van der Waals surface area contributed by atoms with Crippen LogP contribution >= 0.6 is 0 Å². The van der Waals surface area contributed by atoms with Gasteiger partial charge in [-0.3, -0.25) is 9.59 Å². The molecule has 2 amide bonds. The van der Waals surface area contributed by atoms with Crippen LogP contribution in [-0.4, -0.2) is 43.6 Å². The van der Waals surface area contributed by atoms with Gasteiger partial charge in [-0.25, -0.2) is 0 Å². The van der Waals surface area contributed by atoms with Gasteiger partial charge in [0, 0.05) is 30.3 Å². The Kier molecular flexibility index (Phi) is 7.05. The molecule has 2 aromatic rings. The van der Waals surface area contributed by atoms with E-state index < -0.39 is 6.10 Å². The number of carbonyl (C=O) groups is 2. The molecule has 1 N–H and O–H groups in total. The van der Waals surface area contributed by atoms with Crippen molar-refractivity contribution in [3.05, 3.63) is 47.5 Å². The Bertz CT molecular complexity index is 957. The Balaban J connectivity index is 1.77. The van der Waals surface area contributed by atoms with Crippen LogP contribution in [0.3, 0.4) is 0 Å². The number of fused-ring (bicyclic) bond motifs is 1. The molecule has 1 atom stereocenters. The summed E-state index contributed by atoms with van der Waals surface area (Å²) >= 11 is 0. The van der Waals surface area contributed by atoms with E-state index >= 15 is 0 Å². The molecule has 166 valence electrons. The molecular weight excluding hydrogens is 396 g/mol. The molecule has 0 aromatic heterocycles. The highest BCUT2D eigenvalue weighted by Gasteiger charge is 2.28. The molecular formula is C24H30N2O5. The zero-order valence-corrected chi connectivity index (χ0v) is 18.7. The lowest BCUT2D eigenvalue weighted by atomic mass is 10.1. The lowest BCUT2D eigenvalue weighted by molar-refractivity contribution is -0.137. The van der Waals surface area contributed by atoms with Gasteiger partial charge in [0.2, 0.25) is 5.91 Å². The Labute approximate surface area is 183 Å². The molecule has 3 rings (SSSR count). The van der Waals surface area contributed by atoms with Crippen molar-refractivity contribution in [3.63, 3.8) is 0 Å². The van der Waals surface area contributed by atoms with Crippen LogP contribution in [0, 0.1) is 5.92 Å². The smallest absolute Gasteiger partial charge is 0.263 e. The van der Waals surface area contributed by atoms with Crippen LogP contribution in [0.15, 0.2) is 36.4 Å². The second-order valence-electron chi connectivity index (χ2n) is 7.93. The number of methoxy groups -OCH3 is 2. The fourth-order valence-electron chi connectivity index (χ4n) is 3.45. The van der Waals surface area contributed by atoms with Crippen LogP contribution in [0.4, 0.5) is 5.69 Å². The summed E-state index contributed by atoms with van der Waals surface area (Å²) in [7, 11) is 3.20. The van der Waals surface area contributed by atoms with Crippen molar-refractivity contribution in [2.24, 2.45) is 5.92 Å². The van der Waals surface area contributed by atoms with Crippen molar-refractivity contribution in [1.29, 1.82) is 0 Å². The van der Waals surface area contributed by atoms with E-state index in [0.29, 0.717) is 42.4 Å². The van der Waals surface area contributed by atoms with Crippen LogP contribution in [0.2, 0.25) is 0 Å². The minimum absolute atomic E-state index is 0.0516. The van der Waals surface area contributed by atoms with E-state index in [1.54, 1.807) is 32.1 Å². The molecule has 2 aromatic carbocycles. The predicted octanol–water partition coefficient (Wildman–Crippen LogP) is 3.65. The van der Waals surface area contributed by atoms with Crippen LogP contribution in [0.1, 0.15) is 31.9 Å². The lowest BCUT2D eigenvalue weighted by Gasteiger charge is -2.22. The van der Waals surface area contributed by atoms with Crippen LogP contribution in [-0.2, 0) is 22.6 Å². The first-order valence-corrected chi connectivity index (χ1v) is 10.4. The fourth-order valence-corrected chi connectivity index (χ4v) is 3.45. The van der Waals surface area contributed by atoms with Crippen molar-refractivity contribution in [1.82, 2.24) is 4.90 Å². The van der Waals surface area contributed by atoms with Crippen LogP contribution in [0.25, 0.3) is 0 Å². The van der Waals surface area contributed by atoms with Crippen LogP contribution in [0.5, 0.6) is 17.2 Å². The lowest BCUT2D eigenvalue weighted by Crippen LogP contribution is -2.39. The van der Waals surface area contributed by atoms with E-state index in [0.717, 1.165) is 11.1 Å². The number of nitrogens with zero attached hydrogens (tertiary/aromatic N) is 1. The molecule has 0 bridgehead atoms. The Hall–Kier alpha value is -3.22. The van der Waals surface area contributed by atoms with Gasteiger partial charge in [0.25, 0.3) is 5.91 Å². The number of amides is 2. The second kappa shape index (κ2) is 9.73.